The first-order valence-electron chi connectivity index (χ1n) is 20.3. The lowest BCUT2D eigenvalue weighted by molar-refractivity contribution is 0.422. The second kappa shape index (κ2) is 13.2. The van der Waals surface area contributed by atoms with Crippen molar-refractivity contribution in [3.05, 3.63) is 223 Å². The van der Waals surface area contributed by atoms with Gasteiger partial charge in [0.2, 0.25) is 0 Å². The summed E-state index contributed by atoms with van der Waals surface area (Å²) in [7, 11) is 2.18. The fourth-order valence-corrected chi connectivity index (χ4v) is 9.73. The Morgan fingerprint density at radius 1 is 0.407 bits per heavy atom. The Morgan fingerprint density at radius 3 is 1.63 bits per heavy atom. The molecule has 9 aromatic carbocycles. The Balaban J connectivity index is 1.01. The van der Waals surface area contributed by atoms with Crippen molar-refractivity contribution < 1.29 is 0 Å². The van der Waals surface area contributed by atoms with E-state index in [9.17, 15) is 0 Å². The topological polar surface area (TPSA) is 25.5 Å². The van der Waals surface area contributed by atoms with Crippen molar-refractivity contribution in [1.82, 2.24) is 14.0 Å². The number of para-hydroxylation sites is 4. The first-order chi connectivity index (χ1) is 29.2. The Morgan fingerprint density at radius 2 is 0.932 bits per heavy atom. The van der Waals surface area contributed by atoms with Gasteiger partial charge >= 0.3 is 0 Å². The van der Waals surface area contributed by atoms with Gasteiger partial charge in [-0.25, -0.2) is 4.99 Å². The van der Waals surface area contributed by atoms with Gasteiger partial charge in [-0.1, -0.05) is 140 Å². The molecule has 0 fully saturated rings. The molecule has 0 amide bonds. The van der Waals surface area contributed by atoms with Crippen LogP contribution in [0.25, 0.3) is 76.9 Å². The quantitative estimate of drug-likeness (QED) is 0.172. The molecule has 2 aromatic heterocycles. The van der Waals surface area contributed by atoms with Gasteiger partial charge in [0.1, 0.15) is 5.84 Å². The average Bonchev–Trinajstić information content (AvgIpc) is 3.81. The molecule has 1 atom stereocenters. The Hall–Kier alpha value is -7.69. The predicted molar refractivity (Wildman–Crippen MR) is 247 cm³/mol. The maximum absolute atomic E-state index is 5.34. The summed E-state index contributed by atoms with van der Waals surface area (Å²) < 4.78 is 4.83. The van der Waals surface area contributed by atoms with Crippen LogP contribution in [0.1, 0.15) is 22.7 Å². The number of aliphatic imine (C=N–C) groups is 1. The highest BCUT2D eigenvalue weighted by atomic mass is 15.2. The van der Waals surface area contributed by atoms with Crippen molar-refractivity contribution in [2.75, 3.05) is 7.05 Å². The lowest BCUT2D eigenvalue weighted by Gasteiger charge is -2.36. The van der Waals surface area contributed by atoms with Crippen molar-refractivity contribution in [1.29, 1.82) is 0 Å². The van der Waals surface area contributed by atoms with E-state index in [0.717, 1.165) is 22.8 Å². The molecule has 59 heavy (non-hydrogen) atoms. The number of hydrogen-bond donors (Lipinski definition) is 0. The maximum atomic E-state index is 5.34. The van der Waals surface area contributed by atoms with Crippen molar-refractivity contribution >= 4 is 65.9 Å². The molecule has 0 N–H and O–H groups in total. The minimum absolute atomic E-state index is 0.0492. The lowest BCUT2D eigenvalue weighted by atomic mass is 9.92. The van der Waals surface area contributed by atoms with Gasteiger partial charge in [0, 0.05) is 50.8 Å². The van der Waals surface area contributed by atoms with Gasteiger partial charge in [0.25, 0.3) is 0 Å². The van der Waals surface area contributed by atoms with Crippen LogP contribution in [0.2, 0.25) is 0 Å². The van der Waals surface area contributed by atoms with Crippen LogP contribution in [0.3, 0.4) is 0 Å². The summed E-state index contributed by atoms with van der Waals surface area (Å²) in [4.78, 5) is 7.69. The molecule has 4 heteroatoms. The molecule has 3 heterocycles. The number of hydrogen-bond acceptors (Lipinski definition) is 2. The van der Waals surface area contributed by atoms with Crippen LogP contribution in [-0.4, -0.2) is 26.9 Å². The molecule has 1 aliphatic rings. The molecule has 0 radical (unpaired) electrons. The van der Waals surface area contributed by atoms with Crippen LogP contribution < -0.4 is 0 Å². The van der Waals surface area contributed by atoms with Crippen LogP contribution >= 0.6 is 0 Å². The standard InChI is InChI=1S/C55H38N4/c1-57-54(36-16-4-2-5-17-36)45-24-10-13-25-48(45)56-55(57)44-30-33-51(41-21-9-8-20-40(41)44)59-50-27-15-12-23-43(50)47-35-38(29-32-53(47)59)37-28-31-52-46(34-37)42-22-11-14-26-49(42)58(52)39-18-6-3-7-19-39/h2-35,54H,1H3. The van der Waals surface area contributed by atoms with Crippen LogP contribution in [0.4, 0.5) is 5.69 Å². The molecule has 1 unspecified atom stereocenters. The van der Waals surface area contributed by atoms with Crippen LogP contribution in [0.5, 0.6) is 0 Å². The Bertz CT molecular complexity index is 3460. The smallest absolute Gasteiger partial charge is 0.137 e. The Labute approximate surface area is 342 Å². The largest absolute Gasteiger partial charge is 0.348 e. The monoisotopic (exact) mass is 754 g/mol. The van der Waals surface area contributed by atoms with E-state index in [4.69, 9.17) is 4.99 Å². The summed E-state index contributed by atoms with van der Waals surface area (Å²) in [5.74, 6) is 0.969. The summed E-state index contributed by atoms with van der Waals surface area (Å²) in [6.07, 6.45) is 0. The number of rotatable bonds is 5. The van der Waals surface area contributed by atoms with E-state index in [2.05, 4.69) is 227 Å². The van der Waals surface area contributed by atoms with E-state index < -0.39 is 0 Å². The van der Waals surface area contributed by atoms with Crippen LogP contribution in [-0.2, 0) is 0 Å². The SMILES string of the molecule is CN1C(c2ccc(-n3c4ccccc4c4cc(-c5ccc6c(c5)c5ccccc5n6-c5ccccc5)ccc43)c3ccccc23)=Nc2ccccc2C1c1ccccc1. The highest BCUT2D eigenvalue weighted by Gasteiger charge is 2.30. The van der Waals surface area contributed by atoms with E-state index in [-0.39, 0.29) is 6.04 Å². The molecule has 278 valence electrons. The third-order valence-electron chi connectivity index (χ3n) is 12.4. The third-order valence-corrected chi connectivity index (χ3v) is 12.4. The van der Waals surface area contributed by atoms with Gasteiger partial charge in [-0.15, -0.1) is 0 Å². The highest BCUT2D eigenvalue weighted by molar-refractivity contribution is 6.16. The van der Waals surface area contributed by atoms with E-state index >= 15 is 0 Å². The molecule has 12 rings (SSSR count). The number of aromatic nitrogens is 2. The van der Waals surface area contributed by atoms with Crippen LogP contribution in [0.15, 0.2) is 211 Å². The third kappa shape index (κ3) is 5.13. The van der Waals surface area contributed by atoms with E-state index in [1.165, 1.54) is 82.3 Å². The van der Waals surface area contributed by atoms with Crippen molar-refractivity contribution in [2.45, 2.75) is 6.04 Å². The maximum Gasteiger partial charge on any atom is 0.137 e. The predicted octanol–water partition coefficient (Wildman–Crippen LogP) is 13.8. The van der Waals surface area contributed by atoms with E-state index in [1.54, 1.807) is 0 Å². The number of fused-ring (bicyclic) bond motifs is 8. The molecule has 0 aliphatic carbocycles. The van der Waals surface area contributed by atoms with Gasteiger partial charge in [-0.05, 0) is 88.8 Å². The number of nitrogens with zero attached hydrogens (tertiary/aromatic N) is 4. The van der Waals surface area contributed by atoms with E-state index in [1.807, 2.05) is 0 Å². The minimum atomic E-state index is 0.0492. The summed E-state index contributed by atoms with van der Waals surface area (Å²) in [5.41, 5.74) is 14.1. The molecule has 0 bridgehead atoms. The fraction of sp³-hybridized carbons (Fsp3) is 0.0364. The summed E-state index contributed by atoms with van der Waals surface area (Å²) in [5, 5.41) is 7.33. The van der Waals surface area contributed by atoms with Gasteiger partial charge < -0.3 is 14.0 Å². The molecular formula is C55H38N4. The lowest BCUT2D eigenvalue weighted by Crippen LogP contribution is -2.35. The summed E-state index contributed by atoms with van der Waals surface area (Å²) >= 11 is 0. The first kappa shape index (κ1) is 33.4. The van der Waals surface area contributed by atoms with Crippen molar-refractivity contribution in [2.24, 2.45) is 4.99 Å². The average molecular weight is 755 g/mol. The molecular weight excluding hydrogens is 717 g/mol. The van der Waals surface area contributed by atoms with Crippen molar-refractivity contribution in [3.63, 3.8) is 0 Å². The summed E-state index contributed by atoms with van der Waals surface area (Å²) in [6.45, 7) is 0. The van der Waals surface area contributed by atoms with Gasteiger partial charge in [-0.2, -0.15) is 0 Å². The zero-order valence-electron chi connectivity index (χ0n) is 32.5. The summed E-state index contributed by atoms with van der Waals surface area (Å²) in [6, 6.07) is 74.9. The van der Waals surface area contributed by atoms with Crippen LogP contribution in [0, 0.1) is 0 Å². The molecule has 0 spiro atoms. The second-order valence-corrected chi connectivity index (χ2v) is 15.6. The van der Waals surface area contributed by atoms with Crippen molar-refractivity contribution in [3.8, 4) is 22.5 Å². The van der Waals surface area contributed by atoms with E-state index in [0.29, 0.717) is 0 Å². The van der Waals surface area contributed by atoms with Gasteiger partial charge in [-0.3, -0.25) is 0 Å². The zero-order chi connectivity index (χ0) is 39.0. The first-order valence-corrected chi connectivity index (χ1v) is 20.3. The molecule has 11 aromatic rings. The molecule has 0 saturated heterocycles. The second-order valence-electron chi connectivity index (χ2n) is 15.6. The molecule has 0 saturated carbocycles. The Kier molecular flexibility index (Phi) is 7.48. The zero-order valence-corrected chi connectivity index (χ0v) is 32.5. The number of benzene rings is 9. The van der Waals surface area contributed by atoms with Gasteiger partial charge in [0.05, 0.1) is 39.5 Å². The molecule has 4 nitrogen and oxygen atoms in total. The highest BCUT2D eigenvalue weighted by Crippen LogP contribution is 2.43. The van der Waals surface area contributed by atoms with Gasteiger partial charge in [0.15, 0.2) is 0 Å². The fourth-order valence-electron chi connectivity index (χ4n) is 9.73. The number of amidine groups is 1. The molecule has 1 aliphatic heterocycles. The minimum Gasteiger partial charge on any atom is -0.348 e. The normalized spacial score (nSPS) is 14.1.